The Morgan fingerprint density at radius 1 is 0.875 bits per heavy atom. The lowest BCUT2D eigenvalue weighted by molar-refractivity contribution is -0.697. The largest absolute Gasteiger partial charge is 1.00 e. The molecule has 3 aromatic carbocycles. The molecular formula is C31H32BrClN4O3. The van der Waals surface area contributed by atoms with Crippen molar-refractivity contribution in [1.29, 1.82) is 0 Å². The average molecular weight is 624 g/mol. The molecule has 0 atom stereocenters. The van der Waals surface area contributed by atoms with Gasteiger partial charge in [-0.3, -0.25) is 14.4 Å². The highest BCUT2D eigenvalue weighted by Crippen LogP contribution is 2.23. The maximum atomic E-state index is 13.5. The number of halogens is 2. The summed E-state index contributed by atoms with van der Waals surface area (Å²) in [6.45, 7) is 3.29. The SMILES string of the molecule is CCC[n+]1cc(Br)cc(C(=O)N(CCC(=O)NCCC(=O)Nc2cccc3ccccc23)c2ccccc2)c1.[Cl-]. The van der Waals surface area contributed by atoms with Crippen LogP contribution in [0.25, 0.3) is 10.8 Å². The predicted octanol–water partition coefficient (Wildman–Crippen LogP) is 2.49. The van der Waals surface area contributed by atoms with Crippen molar-refractivity contribution in [3.8, 4) is 0 Å². The van der Waals surface area contributed by atoms with Crippen molar-refractivity contribution in [2.75, 3.05) is 23.3 Å². The highest BCUT2D eigenvalue weighted by molar-refractivity contribution is 9.10. The highest BCUT2D eigenvalue weighted by Gasteiger charge is 2.22. The number of hydrogen-bond donors (Lipinski definition) is 2. The second kappa shape index (κ2) is 15.1. The van der Waals surface area contributed by atoms with E-state index < -0.39 is 0 Å². The summed E-state index contributed by atoms with van der Waals surface area (Å²) >= 11 is 3.50. The van der Waals surface area contributed by atoms with Gasteiger partial charge < -0.3 is 27.9 Å². The van der Waals surface area contributed by atoms with Gasteiger partial charge in [-0.15, -0.1) is 0 Å². The zero-order chi connectivity index (χ0) is 27.6. The summed E-state index contributed by atoms with van der Waals surface area (Å²) in [6, 6.07) is 24.7. The van der Waals surface area contributed by atoms with Crippen LogP contribution in [0.4, 0.5) is 11.4 Å². The van der Waals surface area contributed by atoms with Crippen LogP contribution in [0.15, 0.2) is 95.7 Å². The predicted molar refractivity (Wildman–Crippen MR) is 158 cm³/mol. The van der Waals surface area contributed by atoms with E-state index in [2.05, 4.69) is 33.5 Å². The van der Waals surface area contributed by atoms with Crippen LogP contribution < -0.4 is 32.5 Å². The molecule has 0 saturated heterocycles. The van der Waals surface area contributed by atoms with Gasteiger partial charge >= 0.3 is 0 Å². The third-order valence-electron chi connectivity index (χ3n) is 6.23. The van der Waals surface area contributed by atoms with Gasteiger partial charge in [0.15, 0.2) is 12.4 Å². The van der Waals surface area contributed by atoms with E-state index in [0.29, 0.717) is 11.3 Å². The first kappa shape index (κ1) is 30.8. The molecule has 4 aromatic rings. The molecule has 0 aliphatic rings. The molecule has 0 bridgehead atoms. The normalized spacial score (nSPS) is 10.4. The number of pyridine rings is 1. The molecule has 0 spiro atoms. The lowest BCUT2D eigenvalue weighted by Gasteiger charge is -2.22. The van der Waals surface area contributed by atoms with Crippen molar-refractivity contribution in [2.45, 2.75) is 32.7 Å². The first-order valence-electron chi connectivity index (χ1n) is 13.1. The Bertz CT molecular complexity index is 1460. The Kier molecular flexibility index (Phi) is 11.7. The van der Waals surface area contributed by atoms with Gasteiger partial charge in [0.25, 0.3) is 5.91 Å². The summed E-state index contributed by atoms with van der Waals surface area (Å²) in [7, 11) is 0. The maximum absolute atomic E-state index is 13.5. The van der Waals surface area contributed by atoms with Gasteiger partial charge in [-0.1, -0.05) is 61.5 Å². The van der Waals surface area contributed by atoms with Crippen molar-refractivity contribution in [3.05, 3.63) is 101 Å². The van der Waals surface area contributed by atoms with Gasteiger partial charge in [0, 0.05) is 49.1 Å². The summed E-state index contributed by atoms with van der Waals surface area (Å²) < 4.78 is 2.80. The van der Waals surface area contributed by atoms with E-state index in [9.17, 15) is 14.4 Å². The van der Waals surface area contributed by atoms with Gasteiger partial charge in [-0.25, -0.2) is 4.57 Å². The summed E-state index contributed by atoms with van der Waals surface area (Å²) in [5.74, 6) is -0.589. The zero-order valence-electron chi connectivity index (χ0n) is 22.3. The number of benzene rings is 3. The Balaban J connectivity index is 0.00000441. The molecule has 4 rings (SSSR count). The van der Waals surface area contributed by atoms with Crippen molar-refractivity contribution < 1.29 is 31.4 Å². The Labute approximate surface area is 249 Å². The summed E-state index contributed by atoms with van der Waals surface area (Å²) in [6.07, 6.45) is 4.97. The Morgan fingerprint density at radius 3 is 2.38 bits per heavy atom. The van der Waals surface area contributed by atoms with Gasteiger partial charge in [0.05, 0.1) is 4.47 Å². The molecule has 0 fully saturated rings. The van der Waals surface area contributed by atoms with Gasteiger partial charge in [0.2, 0.25) is 11.8 Å². The molecule has 0 unspecified atom stereocenters. The summed E-state index contributed by atoms with van der Waals surface area (Å²) in [4.78, 5) is 40.3. The smallest absolute Gasteiger partial charge is 0.264 e. The molecule has 7 nitrogen and oxygen atoms in total. The molecule has 0 saturated carbocycles. The van der Waals surface area contributed by atoms with E-state index in [4.69, 9.17) is 0 Å². The molecule has 2 N–H and O–H groups in total. The first-order valence-corrected chi connectivity index (χ1v) is 13.8. The lowest BCUT2D eigenvalue weighted by Crippen LogP contribution is -3.00. The molecule has 0 aliphatic heterocycles. The molecule has 1 aromatic heterocycles. The standard InChI is InChI=1S/C31H31BrN4O3.ClH/c1-2-18-35-21-24(20-25(32)22-35)31(39)36(26-11-4-3-5-12-26)19-16-29(37)33-17-15-30(38)34-28-14-8-10-23-9-6-7-13-27(23)28;/h3-14,20-22H,2,15-19H2,1H3,(H-,33,34,37,38);1H. The minimum Gasteiger partial charge on any atom is -1.00 e. The third kappa shape index (κ3) is 8.37. The second-order valence-corrected chi connectivity index (χ2v) is 10.1. The second-order valence-electron chi connectivity index (χ2n) is 9.20. The monoisotopic (exact) mass is 622 g/mol. The lowest BCUT2D eigenvalue weighted by atomic mass is 10.1. The summed E-state index contributed by atoms with van der Waals surface area (Å²) in [5.41, 5.74) is 1.99. The number of anilines is 2. The van der Waals surface area contributed by atoms with Crippen LogP contribution >= 0.6 is 15.9 Å². The number of para-hydroxylation sites is 1. The van der Waals surface area contributed by atoms with E-state index in [1.807, 2.05) is 89.8 Å². The van der Waals surface area contributed by atoms with Crippen molar-refractivity contribution in [3.63, 3.8) is 0 Å². The number of aryl methyl sites for hydroxylation is 1. The van der Waals surface area contributed by atoms with Crippen LogP contribution in [0.2, 0.25) is 0 Å². The molecule has 9 heteroatoms. The minimum atomic E-state index is -0.225. The van der Waals surface area contributed by atoms with E-state index in [0.717, 1.165) is 33.9 Å². The quantitative estimate of drug-likeness (QED) is 0.252. The number of hydrogen-bond acceptors (Lipinski definition) is 3. The molecule has 3 amide bonds. The van der Waals surface area contributed by atoms with Crippen LogP contribution in [-0.2, 0) is 16.1 Å². The number of fused-ring (bicyclic) bond motifs is 1. The number of aromatic nitrogens is 1. The molecular weight excluding hydrogens is 592 g/mol. The molecule has 208 valence electrons. The molecule has 40 heavy (non-hydrogen) atoms. The third-order valence-corrected chi connectivity index (χ3v) is 6.66. The van der Waals surface area contributed by atoms with Crippen LogP contribution in [0.5, 0.6) is 0 Å². The Morgan fingerprint density at radius 2 is 1.60 bits per heavy atom. The fourth-order valence-corrected chi connectivity index (χ4v) is 4.89. The van der Waals surface area contributed by atoms with Crippen molar-refractivity contribution in [2.24, 2.45) is 0 Å². The summed E-state index contributed by atoms with van der Waals surface area (Å²) in [5, 5.41) is 7.75. The minimum absolute atomic E-state index is 0. The number of nitrogens with zero attached hydrogens (tertiary/aromatic N) is 2. The Hall–Kier alpha value is -3.75. The fraction of sp³-hybridized carbons (Fsp3) is 0.226. The fourth-order valence-electron chi connectivity index (χ4n) is 4.38. The highest BCUT2D eigenvalue weighted by atomic mass is 79.9. The van der Waals surface area contributed by atoms with Crippen LogP contribution in [-0.4, -0.2) is 30.8 Å². The number of carbonyl (C=O) groups excluding carboxylic acids is 3. The molecule has 1 heterocycles. The maximum Gasteiger partial charge on any atom is 0.264 e. The van der Waals surface area contributed by atoms with E-state index in [1.54, 1.807) is 11.0 Å². The van der Waals surface area contributed by atoms with Crippen LogP contribution in [0.1, 0.15) is 36.5 Å². The van der Waals surface area contributed by atoms with Crippen LogP contribution in [0, 0.1) is 0 Å². The number of nitrogens with one attached hydrogen (secondary N) is 2. The first-order chi connectivity index (χ1) is 18.9. The van der Waals surface area contributed by atoms with E-state index in [-0.39, 0.29) is 56.1 Å². The number of rotatable bonds is 11. The molecule has 0 aliphatic carbocycles. The molecule has 0 radical (unpaired) electrons. The average Bonchev–Trinajstić information content (AvgIpc) is 2.94. The topological polar surface area (TPSA) is 82.4 Å². The van der Waals surface area contributed by atoms with Crippen LogP contribution in [0.3, 0.4) is 0 Å². The van der Waals surface area contributed by atoms with E-state index in [1.165, 1.54) is 0 Å². The van der Waals surface area contributed by atoms with Crippen molar-refractivity contribution >= 4 is 55.8 Å². The van der Waals surface area contributed by atoms with Crippen molar-refractivity contribution in [1.82, 2.24) is 5.32 Å². The number of carbonyl (C=O) groups is 3. The van der Waals surface area contributed by atoms with Gasteiger partial charge in [-0.2, -0.15) is 0 Å². The van der Waals surface area contributed by atoms with Gasteiger partial charge in [-0.05, 0) is 45.6 Å². The van der Waals surface area contributed by atoms with E-state index >= 15 is 0 Å². The number of amides is 3. The van der Waals surface area contributed by atoms with Gasteiger partial charge in [0.1, 0.15) is 12.1 Å². The zero-order valence-corrected chi connectivity index (χ0v) is 24.6.